The minimum Gasteiger partial charge on any atom is -0.459 e. The Bertz CT molecular complexity index is 1490. The molecule has 0 radical (unpaired) electrons. The number of nitrogens with zero attached hydrogens (tertiary/aromatic N) is 2. The van der Waals surface area contributed by atoms with Crippen LogP contribution in [-0.4, -0.2) is 29.7 Å². The van der Waals surface area contributed by atoms with Crippen LogP contribution in [0.2, 0.25) is 10.0 Å². The predicted octanol–water partition coefficient (Wildman–Crippen LogP) is 6.72. The van der Waals surface area contributed by atoms with Crippen molar-refractivity contribution < 1.29 is 13.9 Å². The van der Waals surface area contributed by atoms with Crippen molar-refractivity contribution in [3.8, 4) is 11.3 Å². The zero-order valence-electron chi connectivity index (χ0n) is 20.6. The van der Waals surface area contributed by atoms with Crippen LogP contribution in [0, 0.1) is 6.92 Å². The molecule has 7 nitrogen and oxygen atoms in total. The smallest absolute Gasteiger partial charge is 0.250 e. The number of methoxy groups -OCH3 is 1. The van der Waals surface area contributed by atoms with E-state index in [0.717, 1.165) is 22.5 Å². The van der Waals surface area contributed by atoms with E-state index in [4.69, 9.17) is 44.6 Å². The maximum atomic E-state index is 12.0. The molecule has 2 aromatic carbocycles. The predicted molar refractivity (Wildman–Crippen MR) is 154 cm³/mol. The van der Waals surface area contributed by atoms with Gasteiger partial charge in [0.1, 0.15) is 24.2 Å². The lowest BCUT2D eigenvalue weighted by Crippen LogP contribution is -2.29. The molecule has 3 heterocycles. The number of nitrogens with one attached hydrogen (secondary N) is 2. The van der Waals surface area contributed by atoms with Crippen molar-refractivity contribution in [2.24, 2.45) is 0 Å². The van der Waals surface area contributed by atoms with Gasteiger partial charge in [-0.15, -0.1) is 0 Å². The number of carbonyl (C=O) groups is 1. The lowest BCUT2D eigenvalue weighted by atomic mass is 10.0. The lowest BCUT2D eigenvalue weighted by Gasteiger charge is -2.26. The van der Waals surface area contributed by atoms with Gasteiger partial charge in [-0.05, 0) is 73.2 Å². The second-order valence-electron chi connectivity index (χ2n) is 8.81. The van der Waals surface area contributed by atoms with Gasteiger partial charge in [0.15, 0.2) is 5.11 Å². The van der Waals surface area contributed by atoms with E-state index < -0.39 is 0 Å². The van der Waals surface area contributed by atoms with E-state index in [1.54, 1.807) is 18.3 Å². The Kier molecular flexibility index (Phi) is 7.67. The number of pyridine rings is 1. The van der Waals surface area contributed by atoms with Crippen LogP contribution in [0.4, 0.5) is 11.4 Å². The molecule has 0 saturated carbocycles. The molecule has 0 spiro atoms. The fourth-order valence-corrected chi connectivity index (χ4v) is 5.16. The molecule has 5 rings (SSSR count). The quantitative estimate of drug-likeness (QED) is 0.240. The zero-order chi connectivity index (χ0) is 26.8. The first-order chi connectivity index (χ1) is 18.4. The third-order valence-corrected chi connectivity index (χ3v) is 7.29. The van der Waals surface area contributed by atoms with Crippen molar-refractivity contribution in [3.05, 3.63) is 100.0 Å². The number of carbonyl (C=O) groups excluding carboxylic acids is 1. The van der Waals surface area contributed by atoms with Crippen LogP contribution in [0.1, 0.15) is 29.1 Å². The van der Waals surface area contributed by atoms with E-state index in [9.17, 15) is 4.79 Å². The molecule has 1 fully saturated rings. The molecule has 2 aromatic heterocycles. The fourth-order valence-electron chi connectivity index (χ4n) is 4.41. The Hall–Kier alpha value is -3.43. The summed E-state index contributed by atoms with van der Waals surface area (Å²) in [6.07, 6.45) is 1.75. The summed E-state index contributed by atoms with van der Waals surface area (Å²) >= 11 is 18.7. The molecular formula is C28H24Cl2N4O3S. The van der Waals surface area contributed by atoms with Gasteiger partial charge < -0.3 is 24.7 Å². The minimum absolute atomic E-state index is 0.0704. The van der Waals surface area contributed by atoms with E-state index >= 15 is 0 Å². The van der Waals surface area contributed by atoms with Gasteiger partial charge in [-0.25, -0.2) is 0 Å². The molecule has 2 atom stereocenters. The van der Waals surface area contributed by atoms with Gasteiger partial charge in [-0.2, -0.15) is 0 Å². The fraction of sp³-hybridized carbons (Fsp3) is 0.179. The largest absolute Gasteiger partial charge is 0.459 e. The molecule has 4 aromatic rings. The van der Waals surface area contributed by atoms with Crippen LogP contribution in [0.15, 0.2) is 77.3 Å². The first kappa shape index (κ1) is 26.2. The molecule has 1 saturated heterocycles. The summed E-state index contributed by atoms with van der Waals surface area (Å²) in [7, 11) is 1.46. The normalized spacial score (nSPS) is 16.9. The summed E-state index contributed by atoms with van der Waals surface area (Å²) in [4.78, 5) is 18.5. The minimum atomic E-state index is -0.364. The van der Waals surface area contributed by atoms with Gasteiger partial charge in [0.25, 0.3) is 0 Å². The van der Waals surface area contributed by atoms with E-state index in [1.807, 2.05) is 66.4 Å². The first-order valence-electron chi connectivity index (χ1n) is 11.8. The summed E-state index contributed by atoms with van der Waals surface area (Å²) in [5.41, 5.74) is 3.89. The van der Waals surface area contributed by atoms with E-state index in [-0.39, 0.29) is 24.6 Å². The van der Waals surface area contributed by atoms with Crippen molar-refractivity contribution in [2.45, 2.75) is 19.0 Å². The van der Waals surface area contributed by atoms with Gasteiger partial charge in [-0.3, -0.25) is 9.78 Å². The Morgan fingerprint density at radius 2 is 1.97 bits per heavy atom. The lowest BCUT2D eigenvalue weighted by molar-refractivity contribution is -0.119. The molecule has 0 unspecified atom stereocenters. The van der Waals surface area contributed by atoms with Crippen LogP contribution in [0.3, 0.4) is 0 Å². The number of aryl methyl sites for hydroxylation is 1. The monoisotopic (exact) mass is 566 g/mol. The number of furan rings is 1. The number of rotatable bonds is 7. The number of anilines is 2. The van der Waals surface area contributed by atoms with E-state index in [1.165, 1.54) is 7.11 Å². The summed E-state index contributed by atoms with van der Waals surface area (Å²) in [6, 6.07) is 20.1. The molecule has 1 amide bonds. The Labute approximate surface area is 235 Å². The molecule has 1 aliphatic heterocycles. The maximum absolute atomic E-state index is 12.0. The van der Waals surface area contributed by atoms with Crippen LogP contribution in [0.25, 0.3) is 11.3 Å². The Balaban J connectivity index is 1.54. The number of halogens is 2. The highest BCUT2D eigenvalue weighted by Gasteiger charge is 2.42. The van der Waals surface area contributed by atoms with E-state index in [0.29, 0.717) is 32.4 Å². The number of hydrogen-bond acceptors (Lipinski definition) is 5. The van der Waals surface area contributed by atoms with Gasteiger partial charge >= 0.3 is 0 Å². The molecule has 0 bridgehead atoms. The molecule has 0 aliphatic carbocycles. The summed E-state index contributed by atoms with van der Waals surface area (Å²) in [5.74, 6) is 1.08. The SMILES string of the molecule is COCC(=O)Nc1ccc(N2C(=S)N[C@H](c3ccccn3)[C@@H]2c2ccc(-c3ccc(C)c(Cl)c3)o2)cc1Cl. The van der Waals surface area contributed by atoms with Gasteiger partial charge in [0.2, 0.25) is 5.91 Å². The van der Waals surface area contributed by atoms with Crippen LogP contribution in [0.5, 0.6) is 0 Å². The highest BCUT2D eigenvalue weighted by Crippen LogP contribution is 2.44. The highest BCUT2D eigenvalue weighted by molar-refractivity contribution is 7.80. The molecule has 10 heteroatoms. The Morgan fingerprint density at radius 3 is 2.68 bits per heavy atom. The number of amides is 1. The van der Waals surface area contributed by atoms with E-state index in [2.05, 4.69) is 15.6 Å². The maximum Gasteiger partial charge on any atom is 0.250 e. The number of ether oxygens (including phenoxy) is 1. The summed E-state index contributed by atoms with van der Waals surface area (Å²) in [6.45, 7) is 1.89. The van der Waals surface area contributed by atoms with Crippen molar-refractivity contribution in [2.75, 3.05) is 23.9 Å². The number of aromatic nitrogens is 1. The average Bonchev–Trinajstić information content (AvgIpc) is 3.52. The second-order valence-corrected chi connectivity index (χ2v) is 10.0. The van der Waals surface area contributed by atoms with Crippen molar-refractivity contribution >= 4 is 57.8 Å². The summed E-state index contributed by atoms with van der Waals surface area (Å²) < 4.78 is 11.3. The standard InChI is InChI=1S/C28H24Cl2N4O3S/c1-16-6-7-17(13-19(16)29)23-10-11-24(37-23)27-26(22-5-3-4-12-31-22)33-28(38)34(27)18-8-9-21(20(30)14-18)32-25(35)15-36-2/h3-14,26-27H,15H2,1-2H3,(H,32,35)(H,33,38)/t26-,27+/m1/s1. The first-order valence-corrected chi connectivity index (χ1v) is 13.0. The van der Waals surface area contributed by atoms with Crippen molar-refractivity contribution in [1.82, 2.24) is 10.3 Å². The van der Waals surface area contributed by atoms with Crippen molar-refractivity contribution in [1.29, 1.82) is 0 Å². The van der Waals surface area contributed by atoms with Crippen molar-refractivity contribution in [3.63, 3.8) is 0 Å². The van der Waals surface area contributed by atoms with Gasteiger partial charge in [0, 0.05) is 29.6 Å². The topological polar surface area (TPSA) is 79.6 Å². The third kappa shape index (κ3) is 5.26. The molecular weight excluding hydrogens is 543 g/mol. The van der Waals surface area contributed by atoms with Crippen LogP contribution >= 0.6 is 35.4 Å². The molecule has 38 heavy (non-hydrogen) atoms. The summed E-state index contributed by atoms with van der Waals surface area (Å²) in [5, 5.41) is 7.68. The molecule has 194 valence electrons. The Morgan fingerprint density at radius 1 is 1.13 bits per heavy atom. The molecule has 2 N–H and O–H groups in total. The number of hydrogen-bond donors (Lipinski definition) is 2. The highest BCUT2D eigenvalue weighted by atomic mass is 35.5. The van der Waals surface area contributed by atoms with Gasteiger partial charge in [0.05, 0.1) is 22.4 Å². The van der Waals surface area contributed by atoms with Crippen LogP contribution in [-0.2, 0) is 9.53 Å². The zero-order valence-corrected chi connectivity index (χ0v) is 22.9. The van der Waals surface area contributed by atoms with Crippen LogP contribution < -0.4 is 15.5 Å². The third-order valence-electron chi connectivity index (χ3n) is 6.25. The number of thiocarbonyl (C=S) groups is 1. The average molecular weight is 567 g/mol. The second kappa shape index (κ2) is 11.1. The molecule has 1 aliphatic rings. The van der Waals surface area contributed by atoms with Gasteiger partial charge in [-0.1, -0.05) is 41.4 Å². The number of benzene rings is 2.